The van der Waals surface area contributed by atoms with E-state index < -0.39 is 15.4 Å². The second kappa shape index (κ2) is 8.37. The highest BCUT2D eigenvalue weighted by atomic mass is 35.5. The minimum Gasteiger partial charge on any atom is -0.355 e. The van der Waals surface area contributed by atoms with Crippen molar-refractivity contribution in [3.05, 3.63) is 17.0 Å². The Morgan fingerprint density at radius 3 is 2.63 bits per heavy atom. The van der Waals surface area contributed by atoms with Crippen LogP contribution in [0.3, 0.4) is 0 Å². The highest BCUT2D eigenvalue weighted by molar-refractivity contribution is 7.91. The van der Waals surface area contributed by atoms with Gasteiger partial charge in [0.15, 0.2) is 0 Å². The van der Waals surface area contributed by atoms with E-state index in [1.54, 1.807) is 10.4 Å². The van der Waals surface area contributed by atoms with Gasteiger partial charge < -0.3 is 11.1 Å². The molecule has 3 N–H and O–H groups in total. The second-order valence-corrected chi connectivity index (χ2v) is 11.8. The van der Waals surface area contributed by atoms with E-state index in [-0.39, 0.29) is 24.4 Å². The van der Waals surface area contributed by atoms with Crippen LogP contribution in [0.1, 0.15) is 38.5 Å². The zero-order chi connectivity index (χ0) is 19.1. The maximum absolute atomic E-state index is 12.9. The van der Waals surface area contributed by atoms with Crippen molar-refractivity contribution in [3.63, 3.8) is 0 Å². The standard InChI is InChI=1S/C18H29N3O3S2.ClH/c1-18(2,3)17(22)20-9-8-13-5-7-16(25-13)26(23,24)21-10-12-4-6-15(19)14(12)11-21;/h5,7,12,14-15H,4,6,8-11,19H2,1-3H3,(H,20,22);1H. The van der Waals surface area contributed by atoms with Gasteiger partial charge in [-0.1, -0.05) is 20.8 Å². The summed E-state index contributed by atoms with van der Waals surface area (Å²) in [6.45, 7) is 7.26. The van der Waals surface area contributed by atoms with Crippen LogP contribution in [0.15, 0.2) is 16.3 Å². The Morgan fingerprint density at radius 2 is 2.00 bits per heavy atom. The van der Waals surface area contributed by atoms with Gasteiger partial charge in [-0.25, -0.2) is 8.42 Å². The summed E-state index contributed by atoms with van der Waals surface area (Å²) in [6, 6.07) is 3.67. The molecule has 0 aromatic carbocycles. The molecule has 1 amide bonds. The number of hydrogen-bond donors (Lipinski definition) is 2. The Kier molecular flexibility index (Phi) is 7.01. The van der Waals surface area contributed by atoms with E-state index in [0.29, 0.717) is 42.1 Å². The first-order chi connectivity index (χ1) is 12.1. The van der Waals surface area contributed by atoms with Crippen molar-refractivity contribution in [2.75, 3.05) is 19.6 Å². The summed E-state index contributed by atoms with van der Waals surface area (Å²) in [5.74, 6) is 0.713. The molecule has 2 heterocycles. The third-order valence-corrected chi connectivity index (χ3v) is 8.89. The number of thiophene rings is 1. The lowest BCUT2D eigenvalue weighted by atomic mass is 9.96. The second-order valence-electron chi connectivity index (χ2n) is 8.46. The maximum atomic E-state index is 12.9. The summed E-state index contributed by atoms with van der Waals surface area (Å²) >= 11 is 1.30. The van der Waals surface area contributed by atoms with Gasteiger partial charge in [0.05, 0.1) is 0 Å². The molecular formula is C18H30ClN3O3S2. The van der Waals surface area contributed by atoms with Crippen LogP contribution in [0.5, 0.6) is 0 Å². The van der Waals surface area contributed by atoms with Crippen molar-refractivity contribution in [3.8, 4) is 0 Å². The number of nitrogens with two attached hydrogens (primary N) is 1. The topological polar surface area (TPSA) is 92.5 Å². The monoisotopic (exact) mass is 435 g/mol. The number of sulfonamides is 1. The van der Waals surface area contributed by atoms with Crippen LogP contribution in [0.4, 0.5) is 0 Å². The summed E-state index contributed by atoms with van der Waals surface area (Å²) in [5, 5.41) is 2.90. The van der Waals surface area contributed by atoms with Crippen LogP contribution >= 0.6 is 23.7 Å². The Hall–Kier alpha value is -0.670. The van der Waals surface area contributed by atoms with Crippen molar-refractivity contribution >= 4 is 39.7 Å². The Labute approximate surface area is 172 Å². The number of halogens is 1. The molecule has 154 valence electrons. The van der Waals surface area contributed by atoms with E-state index in [4.69, 9.17) is 5.73 Å². The van der Waals surface area contributed by atoms with Gasteiger partial charge in [-0.05, 0) is 43.2 Å². The van der Waals surface area contributed by atoms with Crippen molar-refractivity contribution in [2.45, 2.75) is 50.3 Å². The van der Waals surface area contributed by atoms with Crippen LogP contribution in [0, 0.1) is 17.3 Å². The number of nitrogens with zero attached hydrogens (tertiary/aromatic N) is 1. The number of carbonyl (C=O) groups is 1. The van der Waals surface area contributed by atoms with Crippen LogP contribution in [0.2, 0.25) is 0 Å². The quantitative estimate of drug-likeness (QED) is 0.741. The molecular weight excluding hydrogens is 406 g/mol. The number of hydrogen-bond acceptors (Lipinski definition) is 5. The molecule has 3 rings (SSSR count). The summed E-state index contributed by atoms with van der Waals surface area (Å²) in [7, 11) is -3.44. The Bertz CT molecular complexity index is 773. The van der Waals surface area contributed by atoms with Crippen LogP contribution in [-0.2, 0) is 21.2 Å². The zero-order valence-corrected chi connectivity index (χ0v) is 18.6. The summed E-state index contributed by atoms with van der Waals surface area (Å²) in [4.78, 5) is 12.9. The molecule has 1 aromatic heterocycles. The highest BCUT2D eigenvalue weighted by Gasteiger charge is 2.45. The number of nitrogens with one attached hydrogen (secondary N) is 1. The lowest BCUT2D eigenvalue weighted by Crippen LogP contribution is -2.35. The smallest absolute Gasteiger partial charge is 0.252 e. The average molecular weight is 436 g/mol. The van der Waals surface area contributed by atoms with Crippen molar-refractivity contribution in [1.82, 2.24) is 9.62 Å². The molecule has 0 spiro atoms. The fourth-order valence-corrected chi connectivity index (χ4v) is 6.83. The van der Waals surface area contributed by atoms with E-state index in [9.17, 15) is 13.2 Å². The molecule has 0 bridgehead atoms. The molecule has 1 aliphatic carbocycles. The van der Waals surface area contributed by atoms with Gasteiger partial charge >= 0.3 is 0 Å². The molecule has 6 nitrogen and oxygen atoms in total. The van der Waals surface area contributed by atoms with E-state index in [0.717, 1.165) is 17.7 Å². The van der Waals surface area contributed by atoms with Crippen LogP contribution in [0.25, 0.3) is 0 Å². The minimum atomic E-state index is -3.44. The Balaban J connectivity index is 0.00000261. The minimum absolute atomic E-state index is 0. The molecule has 1 saturated carbocycles. The zero-order valence-electron chi connectivity index (χ0n) is 16.1. The molecule has 2 fully saturated rings. The summed E-state index contributed by atoms with van der Waals surface area (Å²) in [6.07, 6.45) is 2.67. The first-order valence-electron chi connectivity index (χ1n) is 9.22. The fraction of sp³-hybridized carbons (Fsp3) is 0.722. The normalized spacial score (nSPS) is 25.9. The van der Waals surface area contributed by atoms with Gasteiger partial charge in [-0.3, -0.25) is 4.79 Å². The number of carbonyl (C=O) groups excluding carboxylic acids is 1. The molecule has 1 aliphatic heterocycles. The van der Waals surface area contributed by atoms with Crippen LogP contribution in [-0.4, -0.2) is 44.3 Å². The predicted molar refractivity (Wildman–Crippen MR) is 111 cm³/mol. The van der Waals surface area contributed by atoms with Crippen molar-refractivity contribution in [1.29, 1.82) is 0 Å². The van der Waals surface area contributed by atoms with Gasteiger partial charge in [-0.15, -0.1) is 23.7 Å². The molecule has 0 radical (unpaired) electrons. The molecule has 2 aliphatic rings. The van der Waals surface area contributed by atoms with Gasteiger partial charge in [-0.2, -0.15) is 4.31 Å². The van der Waals surface area contributed by atoms with E-state index >= 15 is 0 Å². The number of rotatable bonds is 5. The Morgan fingerprint density at radius 1 is 1.30 bits per heavy atom. The van der Waals surface area contributed by atoms with E-state index in [2.05, 4.69) is 5.32 Å². The van der Waals surface area contributed by atoms with Crippen molar-refractivity contribution < 1.29 is 13.2 Å². The first-order valence-corrected chi connectivity index (χ1v) is 11.5. The molecule has 27 heavy (non-hydrogen) atoms. The lowest BCUT2D eigenvalue weighted by Gasteiger charge is -2.17. The lowest BCUT2D eigenvalue weighted by molar-refractivity contribution is -0.128. The van der Waals surface area contributed by atoms with Gasteiger partial charge in [0.1, 0.15) is 4.21 Å². The number of amides is 1. The largest absolute Gasteiger partial charge is 0.355 e. The molecule has 3 atom stereocenters. The average Bonchev–Trinajstić information content (AvgIpc) is 3.24. The number of fused-ring (bicyclic) bond motifs is 1. The third kappa shape index (κ3) is 4.85. The maximum Gasteiger partial charge on any atom is 0.252 e. The highest BCUT2D eigenvalue weighted by Crippen LogP contribution is 2.40. The summed E-state index contributed by atoms with van der Waals surface area (Å²) in [5.41, 5.74) is 5.71. The fourth-order valence-electron chi connectivity index (χ4n) is 3.79. The van der Waals surface area contributed by atoms with Gasteiger partial charge in [0, 0.05) is 36.0 Å². The van der Waals surface area contributed by atoms with Crippen molar-refractivity contribution in [2.24, 2.45) is 23.0 Å². The van der Waals surface area contributed by atoms with Gasteiger partial charge in [0.2, 0.25) is 5.91 Å². The predicted octanol–water partition coefficient (Wildman–Crippen LogP) is 2.23. The van der Waals surface area contributed by atoms with Gasteiger partial charge in [0.25, 0.3) is 10.0 Å². The third-order valence-electron chi connectivity index (χ3n) is 5.45. The summed E-state index contributed by atoms with van der Waals surface area (Å²) < 4.78 is 27.9. The molecule has 1 aromatic rings. The first kappa shape index (κ1) is 22.6. The van der Waals surface area contributed by atoms with E-state index in [1.807, 2.05) is 26.8 Å². The SMILES string of the molecule is CC(C)(C)C(=O)NCCc1ccc(S(=O)(=O)N2CC3CCC(N)C3C2)s1.Cl. The molecule has 3 unspecified atom stereocenters. The molecule has 1 saturated heterocycles. The van der Waals surface area contributed by atoms with Crippen LogP contribution < -0.4 is 11.1 Å². The van der Waals surface area contributed by atoms with E-state index in [1.165, 1.54) is 11.3 Å². The molecule has 9 heteroatoms.